The lowest BCUT2D eigenvalue weighted by Gasteiger charge is -2.34. The number of halogens is 1. The molecule has 1 saturated carbocycles. The monoisotopic (exact) mass is 359 g/mol. The van der Waals surface area contributed by atoms with Crippen molar-refractivity contribution in [3.8, 4) is 0 Å². The molecule has 0 aliphatic heterocycles. The second-order valence-electron chi connectivity index (χ2n) is 5.67. The summed E-state index contributed by atoms with van der Waals surface area (Å²) in [6, 6.07) is 8.38. The Morgan fingerprint density at radius 3 is 2.60 bits per heavy atom. The van der Waals surface area contributed by atoms with E-state index in [1.807, 2.05) is 25.2 Å². The van der Waals surface area contributed by atoms with Crippen LogP contribution in [0.4, 0.5) is 0 Å². The fraction of sp³-hybridized carbons (Fsp3) is 0.600. The number of hydrogen-bond acceptors (Lipinski definition) is 3. The highest BCUT2D eigenvalue weighted by molar-refractivity contribution is 9.10. The molecule has 0 bridgehead atoms. The molecule has 0 aromatic heterocycles. The summed E-state index contributed by atoms with van der Waals surface area (Å²) in [6.07, 6.45) is 5.00. The zero-order valence-electron chi connectivity index (χ0n) is 12.0. The second-order valence-corrected chi connectivity index (χ2v) is 8.85. The van der Waals surface area contributed by atoms with E-state index in [9.17, 15) is 8.42 Å². The Morgan fingerprint density at radius 1 is 1.30 bits per heavy atom. The van der Waals surface area contributed by atoms with Crippen LogP contribution in [0.1, 0.15) is 37.3 Å². The van der Waals surface area contributed by atoms with Crippen LogP contribution in [0.2, 0.25) is 0 Å². The Kier molecular flexibility index (Phi) is 5.26. The Morgan fingerprint density at radius 2 is 2.00 bits per heavy atom. The predicted molar refractivity (Wildman–Crippen MR) is 86.5 cm³/mol. The van der Waals surface area contributed by atoms with Gasteiger partial charge in [0.15, 0.2) is 0 Å². The average molecular weight is 360 g/mol. The van der Waals surface area contributed by atoms with E-state index in [4.69, 9.17) is 0 Å². The molecule has 3 atom stereocenters. The van der Waals surface area contributed by atoms with Crippen molar-refractivity contribution in [2.45, 2.75) is 37.0 Å². The first kappa shape index (κ1) is 16.0. The minimum atomic E-state index is -2.93. The van der Waals surface area contributed by atoms with E-state index in [-0.39, 0.29) is 11.3 Å². The summed E-state index contributed by atoms with van der Waals surface area (Å²) in [5.41, 5.74) is 1.22. The van der Waals surface area contributed by atoms with E-state index in [0.29, 0.717) is 5.92 Å². The minimum absolute atomic E-state index is 0.181. The highest BCUT2D eigenvalue weighted by Gasteiger charge is 2.33. The lowest BCUT2D eigenvalue weighted by Crippen LogP contribution is -2.34. The topological polar surface area (TPSA) is 46.2 Å². The van der Waals surface area contributed by atoms with Crippen molar-refractivity contribution in [2.75, 3.05) is 13.3 Å². The second kappa shape index (κ2) is 6.58. The fourth-order valence-corrected chi connectivity index (χ4v) is 4.97. The summed E-state index contributed by atoms with van der Waals surface area (Å²) >= 11 is 3.60. The van der Waals surface area contributed by atoms with Crippen LogP contribution in [0.5, 0.6) is 0 Å². The third kappa shape index (κ3) is 3.62. The number of benzene rings is 1. The highest BCUT2D eigenvalue weighted by Crippen LogP contribution is 2.38. The normalized spacial score (nSPS) is 25.4. The summed E-state index contributed by atoms with van der Waals surface area (Å²) in [4.78, 5) is 0. The smallest absolute Gasteiger partial charge is 0.150 e. The van der Waals surface area contributed by atoms with Crippen molar-refractivity contribution in [3.63, 3.8) is 0 Å². The summed E-state index contributed by atoms with van der Waals surface area (Å²) in [7, 11) is -0.980. The molecule has 5 heteroatoms. The van der Waals surface area contributed by atoms with Gasteiger partial charge >= 0.3 is 0 Å². The van der Waals surface area contributed by atoms with Gasteiger partial charge in [-0.3, -0.25) is 0 Å². The molecule has 0 amide bonds. The van der Waals surface area contributed by atoms with Gasteiger partial charge in [-0.15, -0.1) is 0 Å². The van der Waals surface area contributed by atoms with E-state index < -0.39 is 9.84 Å². The van der Waals surface area contributed by atoms with Gasteiger partial charge in [-0.05, 0) is 43.9 Å². The van der Waals surface area contributed by atoms with Crippen LogP contribution in [-0.2, 0) is 9.84 Å². The maximum Gasteiger partial charge on any atom is 0.150 e. The third-order valence-electron chi connectivity index (χ3n) is 4.29. The van der Waals surface area contributed by atoms with Gasteiger partial charge in [-0.1, -0.05) is 40.5 Å². The summed E-state index contributed by atoms with van der Waals surface area (Å²) in [5.74, 6) is 0.368. The number of rotatable bonds is 4. The van der Waals surface area contributed by atoms with Crippen molar-refractivity contribution in [1.82, 2.24) is 5.32 Å². The van der Waals surface area contributed by atoms with Crippen molar-refractivity contribution in [3.05, 3.63) is 34.3 Å². The lowest BCUT2D eigenvalue weighted by atomic mass is 9.81. The molecule has 0 radical (unpaired) electrons. The van der Waals surface area contributed by atoms with Gasteiger partial charge in [-0.25, -0.2) is 8.42 Å². The molecule has 1 fully saturated rings. The standard InChI is InChI=1S/C15H22BrNO2S/c1-17-15(13-8-3-4-9-14(13)16)11-6-5-7-12(10-11)20(2,18)19/h3-4,8-9,11-12,15,17H,5-7,10H2,1-2H3. The molecule has 1 aromatic carbocycles. The first-order chi connectivity index (χ1) is 9.43. The first-order valence-corrected chi connectivity index (χ1v) is 9.78. The van der Waals surface area contributed by atoms with Crippen molar-refractivity contribution in [1.29, 1.82) is 0 Å². The molecular weight excluding hydrogens is 338 g/mol. The molecule has 1 N–H and O–H groups in total. The quantitative estimate of drug-likeness (QED) is 0.896. The zero-order valence-corrected chi connectivity index (χ0v) is 14.4. The van der Waals surface area contributed by atoms with Crippen LogP contribution >= 0.6 is 15.9 Å². The van der Waals surface area contributed by atoms with Gasteiger partial charge < -0.3 is 5.32 Å². The predicted octanol–water partition coefficient (Wildman–Crippen LogP) is 3.31. The molecule has 0 spiro atoms. The van der Waals surface area contributed by atoms with Gasteiger partial charge in [0, 0.05) is 16.8 Å². The van der Waals surface area contributed by atoms with Crippen molar-refractivity contribution >= 4 is 25.8 Å². The number of sulfone groups is 1. The van der Waals surface area contributed by atoms with E-state index >= 15 is 0 Å². The van der Waals surface area contributed by atoms with Crippen LogP contribution in [0.15, 0.2) is 28.7 Å². The van der Waals surface area contributed by atoms with E-state index in [1.165, 1.54) is 11.8 Å². The van der Waals surface area contributed by atoms with Gasteiger partial charge in [0.2, 0.25) is 0 Å². The Hall–Kier alpha value is -0.390. The Balaban J connectivity index is 2.22. The molecule has 1 aromatic rings. The molecule has 0 heterocycles. The van der Waals surface area contributed by atoms with Crippen molar-refractivity contribution < 1.29 is 8.42 Å². The van der Waals surface area contributed by atoms with E-state index in [1.54, 1.807) is 0 Å². The molecule has 2 rings (SSSR count). The zero-order chi connectivity index (χ0) is 14.8. The molecule has 1 aliphatic rings. The highest BCUT2D eigenvalue weighted by atomic mass is 79.9. The largest absolute Gasteiger partial charge is 0.313 e. The van der Waals surface area contributed by atoms with Crippen LogP contribution in [0.3, 0.4) is 0 Å². The SMILES string of the molecule is CNC(c1ccccc1Br)C1CCCC(S(C)(=O)=O)C1. The van der Waals surface area contributed by atoms with E-state index in [0.717, 1.165) is 30.2 Å². The van der Waals surface area contributed by atoms with Crippen molar-refractivity contribution in [2.24, 2.45) is 5.92 Å². The maximum atomic E-state index is 11.8. The molecule has 20 heavy (non-hydrogen) atoms. The third-order valence-corrected chi connectivity index (χ3v) is 6.66. The molecule has 112 valence electrons. The summed E-state index contributed by atoms with van der Waals surface area (Å²) in [6.45, 7) is 0. The fourth-order valence-electron chi connectivity index (χ4n) is 3.25. The number of hydrogen-bond donors (Lipinski definition) is 1. The first-order valence-electron chi connectivity index (χ1n) is 7.04. The average Bonchev–Trinajstić information content (AvgIpc) is 2.41. The summed E-state index contributed by atoms with van der Waals surface area (Å²) in [5, 5.41) is 3.20. The van der Waals surface area contributed by atoms with E-state index in [2.05, 4.69) is 27.3 Å². The van der Waals surface area contributed by atoms with Crippen LogP contribution in [0, 0.1) is 5.92 Å². The molecular formula is C15H22BrNO2S. The minimum Gasteiger partial charge on any atom is -0.313 e. The number of nitrogens with one attached hydrogen (secondary N) is 1. The van der Waals surface area contributed by atoms with Gasteiger partial charge in [-0.2, -0.15) is 0 Å². The summed E-state index contributed by atoms with van der Waals surface area (Å²) < 4.78 is 24.7. The molecule has 3 nitrogen and oxygen atoms in total. The van der Waals surface area contributed by atoms with Gasteiger partial charge in [0.1, 0.15) is 9.84 Å². The maximum absolute atomic E-state index is 11.8. The Labute approximate surface area is 130 Å². The Bertz CT molecular complexity index is 559. The van der Waals surface area contributed by atoms with Crippen LogP contribution < -0.4 is 5.32 Å². The molecule has 0 saturated heterocycles. The van der Waals surface area contributed by atoms with Crippen LogP contribution in [0.25, 0.3) is 0 Å². The van der Waals surface area contributed by atoms with Gasteiger partial charge in [0.25, 0.3) is 0 Å². The molecule has 3 unspecified atom stereocenters. The van der Waals surface area contributed by atoms with Gasteiger partial charge in [0.05, 0.1) is 5.25 Å². The van der Waals surface area contributed by atoms with Crippen LogP contribution in [-0.4, -0.2) is 27.0 Å². The molecule has 1 aliphatic carbocycles. The lowest BCUT2D eigenvalue weighted by molar-refractivity contribution is 0.282.